The minimum Gasteiger partial charge on any atom is -0.0683 e. The molecule has 0 heterocycles. The van der Waals surface area contributed by atoms with Crippen LogP contribution in [0.5, 0.6) is 0 Å². The zero-order valence-electron chi connectivity index (χ0n) is 18.5. The van der Waals surface area contributed by atoms with Crippen molar-refractivity contribution in [2.75, 3.05) is 0 Å². The third-order valence-electron chi connectivity index (χ3n) is 4.40. The van der Waals surface area contributed by atoms with Crippen molar-refractivity contribution >= 4 is 0 Å². The number of hydrogen-bond acceptors (Lipinski definition) is 0. The number of rotatable bonds is 2. The molecule has 23 heavy (non-hydrogen) atoms. The van der Waals surface area contributed by atoms with E-state index >= 15 is 0 Å². The van der Waals surface area contributed by atoms with Gasteiger partial charge >= 0.3 is 0 Å². The second-order valence-electron chi connectivity index (χ2n) is 7.32. The second-order valence-corrected chi connectivity index (χ2v) is 7.32. The van der Waals surface area contributed by atoms with Gasteiger partial charge < -0.3 is 0 Å². The summed E-state index contributed by atoms with van der Waals surface area (Å²) in [5.41, 5.74) is 0. The number of hydrogen-bond donors (Lipinski definition) is 0. The van der Waals surface area contributed by atoms with Crippen LogP contribution in [0.2, 0.25) is 0 Å². The van der Waals surface area contributed by atoms with Gasteiger partial charge in [0.15, 0.2) is 0 Å². The molecule has 2 aliphatic rings. The average molecular weight is 329 g/mol. The van der Waals surface area contributed by atoms with Crippen molar-refractivity contribution in [1.82, 2.24) is 0 Å². The van der Waals surface area contributed by atoms with Crippen molar-refractivity contribution in [2.24, 2.45) is 17.8 Å². The Kier molecular flexibility index (Phi) is 29.3. The first kappa shape index (κ1) is 27.8. The summed E-state index contributed by atoms with van der Waals surface area (Å²) in [6.45, 7) is 19.4. The molecule has 0 radical (unpaired) electrons. The minimum atomic E-state index is 0.898. The fourth-order valence-electron chi connectivity index (χ4n) is 3.01. The quantitative estimate of drug-likeness (QED) is 0.473. The van der Waals surface area contributed by atoms with Crippen LogP contribution in [-0.4, -0.2) is 0 Å². The van der Waals surface area contributed by atoms with E-state index in [1.165, 1.54) is 70.6 Å². The molecule has 2 saturated carbocycles. The van der Waals surface area contributed by atoms with Gasteiger partial charge in [-0.25, -0.2) is 0 Å². The molecular formula is C23H52. The van der Waals surface area contributed by atoms with Gasteiger partial charge in [-0.1, -0.05) is 133 Å². The highest BCUT2D eigenvalue weighted by molar-refractivity contribution is 4.60. The average Bonchev–Trinajstić information content (AvgIpc) is 3.04. The maximum absolute atomic E-state index is 2.36. The molecule has 0 aromatic carbocycles. The smallest absolute Gasteiger partial charge is 0.0443 e. The van der Waals surface area contributed by atoms with Crippen LogP contribution in [-0.2, 0) is 0 Å². The van der Waals surface area contributed by atoms with Crippen LogP contribution in [0.25, 0.3) is 0 Å². The Morgan fingerprint density at radius 1 is 0.652 bits per heavy atom. The Bertz CT molecular complexity index is 159. The Labute approximate surface area is 151 Å². The van der Waals surface area contributed by atoms with E-state index in [4.69, 9.17) is 0 Å². The molecule has 0 atom stereocenters. The standard InChI is InChI=1S/C7H14.C6H12.C6H14.2C2H6/c1-7-5-3-2-4-6-7;1-6-4-2-3-5-6;1-4-5-6(2)3;2*1-2/h7H,2-6H2,1H3;6H,2-5H2,1H3;6H,4-5H2,1-3H3;2*1-2H3. The summed E-state index contributed by atoms with van der Waals surface area (Å²) in [6, 6.07) is 0. The molecule has 0 amide bonds. The third-order valence-corrected chi connectivity index (χ3v) is 4.40. The van der Waals surface area contributed by atoms with Crippen LogP contribution in [0, 0.1) is 17.8 Å². The van der Waals surface area contributed by atoms with E-state index in [1.54, 1.807) is 0 Å². The lowest BCUT2D eigenvalue weighted by Gasteiger charge is -2.15. The predicted octanol–water partition coefficient (Wildman–Crippen LogP) is 9.28. The maximum atomic E-state index is 2.36. The Hall–Kier alpha value is 0. The lowest BCUT2D eigenvalue weighted by molar-refractivity contribution is 0.385. The van der Waals surface area contributed by atoms with Gasteiger partial charge in [0.2, 0.25) is 0 Å². The fourth-order valence-corrected chi connectivity index (χ4v) is 3.01. The van der Waals surface area contributed by atoms with Gasteiger partial charge in [0.05, 0.1) is 0 Å². The van der Waals surface area contributed by atoms with Crippen LogP contribution in [0.15, 0.2) is 0 Å². The van der Waals surface area contributed by atoms with E-state index in [9.17, 15) is 0 Å². The van der Waals surface area contributed by atoms with Gasteiger partial charge in [-0.05, 0) is 17.8 Å². The topological polar surface area (TPSA) is 0 Å². The highest BCUT2D eigenvalue weighted by Gasteiger charge is 2.07. The molecule has 2 rings (SSSR count). The van der Waals surface area contributed by atoms with Crippen molar-refractivity contribution in [3.8, 4) is 0 Å². The van der Waals surface area contributed by atoms with Crippen LogP contribution in [0.4, 0.5) is 0 Å². The molecule has 0 aliphatic heterocycles. The molecule has 144 valence electrons. The zero-order chi connectivity index (χ0) is 18.5. The summed E-state index contributed by atoms with van der Waals surface area (Å²) in [5.74, 6) is 2.98. The molecule has 0 aromatic heterocycles. The van der Waals surface area contributed by atoms with Crippen molar-refractivity contribution in [3.63, 3.8) is 0 Å². The van der Waals surface area contributed by atoms with Gasteiger partial charge in [-0.15, -0.1) is 0 Å². The summed E-state index contributed by atoms with van der Waals surface area (Å²) in [6.07, 6.45) is 16.1. The highest BCUT2D eigenvalue weighted by atomic mass is 14.1. The Balaban J connectivity index is -0.000000236. The van der Waals surface area contributed by atoms with Crippen molar-refractivity contribution in [2.45, 2.75) is 133 Å². The summed E-state index contributed by atoms with van der Waals surface area (Å²) in [4.78, 5) is 0. The fraction of sp³-hybridized carbons (Fsp3) is 1.00. The first-order valence-corrected chi connectivity index (χ1v) is 11.1. The van der Waals surface area contributed by atoms with Crippen molar-refractivity contribution in [1.29, 1.82) is 0 Å². The highest BCUT2D eigenvalue weighted by Crippen LogP contribution is 2.23. The molecule has 0 bridgehead atoms. The predicted molar refractivity (Wildman–Crippen MR) is 112 cm³/mol. The van der Waals surface area contributed by atoms with E-state index in [2.05, 4.69) is 34.6 Å². The van der Waals surface area contributed by atoms with E-state index in [0.717, 1.165) is 17.8 Å². The van der Waals surface area contributed by atoms with E-state index in [0.29, 0.717) is 0 Å². The Morgan fingerprint density at radius 3 is 1.04 bits per heavy atom. The van der Waals surface area contributed by atoms with Crippen LogP contribution >= 0.6 is 0 Å². The molecule has 0 spiro atoms. The van der Waals surface area contributed by atoms with Gasteiger partial charge in [-0.2, -0.15) is 0 Å². The second kappa shape index (κ2) is 24.3. The maximum Gasteiger partial charge on any atom is -0.0443 e. The lowest BCUT2D eigenvalue weighted by atomic mass is 9.91. The monoisotopic (exact) mass is 328 g/mol. The largest absolute Gasteiger partial charge is 0.0683 e. The van der Waals surface area contributed by atoms with Crippen LogP contribution in [0.3, 0.4) is 0 Å². The van der Waals surface area contributed by atoms with E-state index in [-0.39, 0.29) is 0 Å². The van der Waals surface area contributed by atoms with Crippen molar-refractivity contribution < 1.29 is 0 Å². The first-order valence-electron chi connectivity index (χ1n) is 11.1. The third kappa shape index (κ3) is 27.2. The molecule has 2 aliphatic carbocycles. The summed E-state index contributed by atoms with van der Waals surface area (Å²) in [7, 11) is 0. The van der Waals surface area contributed by atoms with Gasteiger partial charge in [0, 0.05) is 0 Å². The molecule has 0 heteroatoms. The molecule has 0 aromatic rings. The molecule has 0 saturated heterocycles. The van der Waals surface area contributed by atoms with Crippen molar-refractivity contribution in [3.05, 3.63) is 0 Å². The van der Waals surface area contributed by atoms with Gasteiger partial charge in [0.1, 0.15) is 0 Å². The molecule has 0 unspecified atom stereocenters. The van der Waals surface area contributed by atoms with E-state index in [1.807, 2.05) is 27.7 Å². The van der Waals surface area contributed by atoms with Crippen LogP contribution < -0.4 is 0 Å². The summed E-state index contributed by atoms with van der Waals surface area (Å²) < 4.78 is 0. The van der Waals surface area contributed by atoms with Gasteiger partial charge in [-0.3, -0.25) is 0 Å². The normalized spacial score (nSPS) is 17.5. The lowest BCUT2D eigenvalue weighted by Crippen LogP contribution is -1.99. The first-order chi connectivity index (χ1) is 11.1. The molecule has 0 nitrogen and oxygen atoms in total. The SMILES string of the molecule is CC.CC.CC1CCCC1.CC1CCCCC1.CCCC(C)C. The molecule has 2 fully saturated rings. The zero-order valence-corrected chi connectivity index (χ0v) is 18.5. The summed E-state index contributed by atoms with van der Waals surface area (Å²) >= 11 is 0. The summed E-state index contributed by atoms with van der Waals surface area (Å²) in [5, 5.41) is 0. The molecule has 0 N–H and O–H groups in total. The Morgan fingerprint density at radius 2 is 0.957 bits per heavy atom. The van der Waals surface area contributed by atoms with Crippen LogP contribution in [0.1, 0.15) is 133 Å². The van der Waals surface area contributed by atoms with Gasteiger partial charge in [0.25, 0.3) is 0 Å². The minimum absolute atomic E-state index is 0.898. The molecular weight excluding hydrogens is 276 g/mol. The van der Waals surface area contributed by atoms with E-state index < -0.39 is 0 Å².